The van der Waals surface area contributed by atoms with Gasteiger partial charge in [0.25, 0.3) is 5.91 Å². The number of piperidine rings is 1. The highest BCUT2D eigenvalue weighted by Gasteiger charge is 2.44. The third-order valence-corrected chi connectivity index (χ3v) is 6.00. The monoisotopic (exact) mass is 433 g/mol. The van der Waals surface area contributed by atoms with Gasteiger partial charge < -0.3 is 16.0 Å². The summed E-state index contributed by atoms with van der Waals surface area (Å²) >= 11 is 0. The first kappa shape index (κ1) is 21.5. The van der Waals surface area contributed by atoms with Gasteiger partial charge in [-0.3, -0.25) is 9.59 Å². The van der Waals surface area contributed by atoms with Gasteiger partial charge in [-0.25, -0.2) is 4.63 Å². The molecule has 0 aliphatic carbocycles. The molecule has 0 radical (unpaired) electrons. The SMILES string of the molecule is CCNC(=O)C1(Cc2ccc(-c3ccccc3)cc2)CCCN(C(=O)c2nonc2N)C1. The minimum absolute atomic E-state index is 0.0103. The molecule has 3 N–H and O–H groups in total. The highest BCUT2D eigenvalue weighted by molar-refractivity contribution is 5.96. The lowest BCUT2D eigenvalue weighted by Gasteiger charge is -2.41. The first-order valence-electron chi connectivity index (χ1n) is 10.8. The number of anilines is 1. The second-order valence-corrected chi connectivity index (χ2v) is 8.21. The lowest BCUT2D eigenvalue weighted by molar-refractivity contribution is -0.133. The summed E-state index contributed by atoms with van der Waals surface area (Å²) in [6, 6.07) is 18.4. The van der Waals surface area contributed by atoms with Crippen LogP contribution >= 0.6 is 0 Å². The van der Waals surface area contributed by atoms with Crippen LogP contribution in [0.25, 0.3) is 11.1 Å². The highest BCUT2D eigenvalue weighted by atomic mass is 16.6. The van der Waals surface area contributed by atoms with E-state index in [1.54, 1.807) is 4.90 Å². The average Bonchev–Trinajstić information content (AvgIpc) is 3.26. The average molecular weight is 434 g/mol. The summed E-state index contributed by atoms with van der Waals surface area (Å²) in [5, 5.41) is 10.1. The van der Waals surface area contributed by atoms with E-state index in [1.807, 2.05) is 25.1 Å². The Bertz CT molecular complexity index is 1080. The molecule has 2 amide bonds. The topological polar surface area (TPSA) is 114 Å². The zero-order chi connectivity index (χ0) is 22.6. The maximum absolute atomic E-state index is 13.2. The van der Waals surface area contributed by atoms with E-state index in [4.69, 9.17) is 5.73 Å². The Hall–Kier alpha value is -3.68. The fourth-order valence-corrected chi connectivity index (χ4v) is 4.39. The number of benzene rings is 2. The van der Waals surface area contributed by atoms with Crippen LogP contribution in [0, 0.1) is 5.41 Å². The van der Waals surface area contributed by atoms with Gasteiger partial charge in [0.05, 0.1) is 5.41 Å². The van der Waals surface area contributed by atoms with Crippen molar-refractivity contribution in [2.45, 2.75) is 26.2 Å². The largest absolute Gasteiger partial charge is 0.379 e. The number of nitrogen functional groups attached to an aromatic ring is 1. The van der Waals surface area contributed by atoms with E-state index >= 15 is 0 Å². The molecule has 2 heterocycles. The van der Waals surface area contributed by atoms with Crippen molar-refractivity contribution in [2.75, 3.05) is 25.4 Å². The molecule has 1 atom stereocenters. The molecule has 0 bridgehead atoms. The minimum Gasteiger partial charge on any atom is -0.379 e. The smallest absolute Gasteiger partial charge is 0.280 e. The van der Waals surface area contributed by atoms with E-state index in [0.717, 1.165) is 16.7 Å². The molecule has 1 unspecified atom stereocenters. The third kappa shape index (κ3) is 4.34. The molecule has 3 aromatic rings. The number of hydrogen-bond donors (Lipinski definition) is 2. The van der Waals surface area contributed by atoms with Gasteiger partial charge in [-0.15, -0.1) is 0 Å². The van der Waals surface area contributed by atoms with Crippen molar-refractivity contribution >= 4 is 17.6 Å². The quantitative estimate of drug-likeness (QED) is 0.618. The number of aromatic nitrogens is 2. The zero-order valence-electron chi connectivity index (χ0n) is 18.1. The summed E-state index contributed by atoms with van der Waals surface area (Å²) in [6.45, 7) is 3.24. The van der Waals surface area contributed by atoms with Crippen molar-refractivity contribution in [2.24, 2.45) is 5.41 Å². The van der Waals surface area contributed by atoms with Crippen LogP contribution in [0.4, 0.5) is 5.82 Å². The first-order chi connectivity index (χ1) is 15.5. The Kier molecular flexibility index (Phi) is 6.20. The van der Waals surface area contributed by atoms with Gasteiger partial charge in [-0.05, 0) is 53.2 Å². The molecule has 1 fully saturated rings. The minimum atomic E-state index is -0.732. The molecule has 1 aliphatic heterocycles. The van der Waals surface area contributed by atoms with Gasteiger partial charge in [-0.1, -0.05) is 54.6 Å². The fraction of sp³-hybridized carbons (Fsp3) is 0.333. The van der Waals surface area contributed by atoms with Gasteiger partial charge in [0.2, 0.25) is 17.4 Å². The number of rotatable bonds is 6. The zero-order valence-corrected chi connectivity index (χ0v) is 18.1. The van der Waals surface area contributed by atoms with Crippen LogP contribution in [0.1, 0.15) is 35.8 Å². The van der Waals surface area contributed by atoms with Crippen molar-refractivity contribution in [3.8, 4) is 11.1 Å². The van der Waals surface area contributed by atoms with Gasteiger partial charge >= 0.3 is 0 Å². The van der Waals surface area contributed by atoms with Crippen molar-refractivity contribution in [1.82, 2.24) is 20.5 Å². The van der Waals surface area contributed by atoms with Crippen LogP contribution in [0.5, 0.6) is 0 Å². The first-order valence-corrected chi connectivity index (χ1v) is 10.8. The predicted octanol–water partition coefficient (Wildman–Crippen LogP) is 2.92. The second kappa shape index (κ2) is 9.21. The predicted molar refractivity (Wildman–Crippen MR) is 121 cm³/mol. The van der Waals surface area contributed by atoms with Crippen molar-refractivity contribution in [3.05, 3.63) is 65.9 Å². The van der Waals surface area contributed by atoms with E-state index in [1.165, 1.54) is 0 Å². The molecular formula is C24H27N5O3. The number of likely N-dealkylation sites (tertiary alicyclic amines) is 1. The molecule has 1 saturated heterocycles. The molecule has 32 heavy (non-hydrogen) atoms. The van der Waals surface area contributed by atoms with E-state index in [2.05, 4.69) is 56.7 Å². The molecule has 8 nitrogen and oxygen atoms in total. The molecule has 4 rings (SSSR count). The lowest BCUT2D eigenvalue weighted by atomic mass is 9.74. The number of nitrogens with one attached hydrogen (secondary N) is 1. The summed E-state index contributed by atoms with van der Waals surface area (Å²) in [5.41, 5.74) is 8.29. The normalized spacial score (nSPS) is 18.3. The molecular weight excluding hydrogens is 406 g/mol. The molecule has 2 aromatic carbocycles. The summed E-state index contributed by atoms with van der Waals surface area (Å²) in [5.74, 6) is -0.451. The van der Waals surface area contributed by atoms with Crippen LogP contribution in [-0.4, -0.2) is 46.7 Å². The van der Waals surface area contributed by atoms with Crippen molar-refractivity contribution in [1.29, 1.82) is 0 Å². The molecule has 8 heteroatoms. The highest BCUT2D eigenvalue weighted by Crippen LogP contribution is 2.35. The molecule has 166 valence electrons. The molecule has 0 saturated carbocycles. The summed E-state index contributed by atoms with van der Waals surface area (Å²) in [7, 11) is 0. The Morgan fingerprint density at radius 1 is 1.09 bits per heavy atom. The van der Waals surface area contributed by atoms with E-state index in [-0.39, 0.29) is 29.9 Å². The van der Waals surface area contributed by atoms with E-state index < -0.39 is 5.41 Å². The van der Waals surface area contributed by atoms with Crippen LogP contribution in [0.2, 0.25) is 0 Å². The van der Waals surface area contributed by atoms with Gasteiger partial charge in [-0.2, -0.15) is 0 Å². The van der Waals surface area contributed by atoms with Crippen LogP contribution < -0.4 is 11.1 Å². The van der Waals surface area contributed by atoms with Gasteiger partial charge in [0.15, 0.2) is 0 Å². The third-order valence-electron chi connectivity index (χ3n) is 6.00. The number of nitrogens with two attached hydrogens (primary N) is 1. The lowest BCUT2D eigenvalue weighted by Crippen LogP contribution is -2.54. The standard InChI is InChI=1S/C24H27N5O3/c1-2-26-23(31)24(13-6-14-29(16-24)22(30)20-21(25)28-32-27-20)15-17-9-11-19(12-10-17)18-7-4-3-5-8-18/h3-5,7-12H,2,6,13-16H2,1H3,(H2,25,28)(H,26,31). The van der Waals surface area contributed by atoms with Crippen LogP contribution in [-0.2, 0) is 11.2 Å². The molecule has 1 aromatic heterocycles. The molecule has 0 spiro atoms. The Balaban J connectivity index is 1.58. The summed E-state index contributed by atoms with van der Waals surface area (Å²) < 4.78 is 4.59. The Labute approximate surface area is 186 Å². The number of hydrogen-bond acceptors (Lipinski definition) is 6. The number of amides is 2. The fourth-order valence-electron chi connectivity index (χ4n) is 4.39. The summed E-state index contributed by atoms with van der Waals surface area (Å²) in [4.78, 5) is 27.8. The number of nitrogens with zero attached hydrogens (tertiary/aromatic N) is 3. The van der Waals surface area contributed by atoms with Crippen molar-refractivity contribution < 1.29 is 14.2 Å². The number of carbonyl (C=O) groups excluding carboxylic acids is 2. The van der Waals surface area contributed by atoms with Crippen LogP contribution in [0.3, 0.4) is 0 Å². The second-order valence-electron chi connectivity index (χ2n) is 8.21. The molecule has 1 aliphatic rings. The summed E-state index contributed by atoms with van der Waals surface area (Å²) in [6.07, 6.45) is 1.93. The van der Waals surface area contributed by atoms with Crippen LogP contribution in [0.15, 0.2) is 59.2 Å². The van der Waals surface area contributed by atoms with E-state index in [0.29, 0.717) is 32.4 Å². The maximum Gasteiger partial charge on any atom is 0.280 e. The van der Waals surface area contributed by atoms with Gasteiger partial charge in [0.1, 0.15) is 0 Å². The van der Waals surface area contributed by atoms with E-state index in [9.17, 15) is 9.59 Å². The maximum atomic E-state index is 13.2. The van der Waals surface area contributed by atoms with Crippen molar-refractivity contribution in [3.63, 3.8) is 0 Å². The van der Waals surface area contributed by atoms with Gasteiger partial charge in [0, 0.05) is 19.6 Å². The Morgan fingerprint density at radius 3 is 2.47 bits per heavy atom. The number of carbonyl (C=O) groups is 2. The Morgan fingerprint density at radius 2 is 1.81 bits per heavy atom.